The van der Waals surface area contributed by atoms with E-state index in [0.717, 1.165) is 47.4 Å². The summed E-state index contributed by atoms with van der Waals surface area (Å²) in [7, 11) is 2.02. The molecule has 3 aromatic rings. The van der Waals surface area contributed by atoms with Gasteiger partial charge in [0.1, 0.15) is 0 Å². The molecule has 0 saturated carbocycles. The SMILES string of the molecule is CN1/C(=C\C(=O)CSc2nnc(-c3ccc(Cl)cc3)n2C[C@@H]2CCCO2)C(C)(C)c2ccccc21. The minimum atomic E-state index is -0.229. The van der Waals surface area contributed by atoms with Gasteiger partial charge in [0.15, 0.2) is 16.8 Å². The number of carbonyl (C=O) groups excluding carboxylic acids is 1. The van der Waals surface area contributed by atoms with Gasteiger partial charge in [0.05, 0.1) is 18.4 Å². The Bertz CT molecular complexity index is 1260. The van der Waals surface area contributed by atoms with Crippen molar-refractivity contribution >= 4 is 34.8 Å². The molecule has 5 rings (SSSR count). The van der Waals surface area contributed by atoms with Gasteiger partial charge in [-0.3, -0.25) is 9.36 Å². The van der Waals surface area contributed by atoms with Gasteiger partial charge in [0.25, 0.3) is 0 Å². The van der Waals surface area contributed by atoms with Crippen molar-refractivity contribution in [1.29, 1.82) is 0 Å². The van der Waals surface area contributed by atoms with E-state index in [-0.39, 0.29) is 23.1 Å². The van der Waals surface area contributed by atoms with E-state index in [4.69, 9.17) is 16.3 Å². The Morgan fingerprint density at radius 3 is 2.69 bits per heavy atom. The summed E-state index contributed by atoms with van der Waals surface area (Å²) in [6, 6.07) is 15.9. The number of para-hydroxylation sites is 1. The molecule has 2 aliphatic heterocycles. The van der Waals surface area contributed by atoms with Crippen molar-refractivity contribution in [3.63, 3.8) is 0 Å². The van der Waals surface area contributed by atoms with E-state index >= 15 is 0 Å². The van der Waals surface area contributed by atoms with Gasteiger partial charge in [0.2, 0.25) is 0 Å². The number of halogens is 1. The molecule has 6 nitrogen and oxygen atoms in total. The highest BCUT2D eigenvalue weighted by Crippen LogP contribution is 2.46. The second-order valence-corrected chi connectivity index (χ2v) is 10.9. The number of anilines is 1. The lowest BCUT2D eigenvalue weighted by Gasteiger charge is -2.23. The number of hydrogen-bond acceptors (Lipinski definition) is 6. The number of aromatic nitrogens is 3. The molecule has 0 amide bonds. The molecule has 182 valence electrons. The molecule has 0 spiro atoms. The fraction of sp³-hybridized carbons (Fsp3) is 0.370. The van der Waals surface area contributed by atoms with Crippen molar-refractivity contribution in [3.8, 4) is 11.4 Å². The first-order chi connectivity index (χ1) is 16.8. The summed E-state index contributed by atoms with van der Waals surface area (Å²) in [5.41, 5.74) is 4.10. The Morgan fingerprint density at radius 1 is 1.20 bits per heavy atom. The number of benzene rings is 2. The topological polar surface area (TPSA) is 60.2 Å². The molecule has 0 bridgehead atoms. The highest BCUT2D eigenvalue weighted by molar-refractivity contribution is 7.99. The highest BCUT2D eigenvalue weighted by atomic mass is 35.5. The number of thioether (sulfide) groups is 1. The highest BCUT2D eigenvalue weighted by Gasteiger charge is 2.38. The number of ketones is 1. The predicted octanol–water partition coefficient (Wildman–Crippen LogP) is 5.75. The molecule has 0 aliphatic carbocycles. The van der Waals surface area contributed by atoms with E-state index in [1.54, 1.807) is 6.08 Å². The molecule has 0 unspecified atom stereocenters. The van der Waals surface area contributed by atoms with Crippen LogP contribution < -0.4 is 4.90 Å². The third kappa shape index (κ3) is 4.77. The third-order valence-electron chi connectivity index (χ3n) is 6.81. The average Bonchev–Trinajstić information content (AvgIpc) is 3.55. The van der Waals surface area contributed by atoms with Crippen LogP contribution in [0.25, 0.3) is 11.4 Å². The molecule has 1 aromatic heterocycles. The maximum absolute atomic E-state index is 13.1. The minimum Gasteiger partial charge on any atom is -0.376 e. The summed E-state index contributed by atoms with van der Waals surface area (Å²) in [5.74, 6) is 1.10. The second kappa shape index (κ2) is 9.80. The fourth-order valence-corrected chi connectivity index (χ4v) is 5.85. The van der Waals surface area contributed by atoms with Crippen LogP contribution in [0, 0.1) is 0 Å². The van der Waals surface area contributed by atoms with Gasteiger partial charge in [-0.2, -0.15) is 0 Å². The smallest absolute Gasteiger partial charge is 0.192 e. The molecule has 0 N–H and O–H groups in total. The van der Waals surface area contributed by atoms with Crippen LogP contribution in [0.5, 0.6) is 0 Å². The van der Waals surface area contributed by atoms with Crippen molar-refractivity contribution in [2.75, 3.05) is 24.3 Å². The molecule has 0 radical (unpaired) electrons. The van der Waals surface area contributed by atoms with E-state index in [0.29, 0.717) is 11.6 Å². The summed E-state index contributed by atoms with van der Waals surface area (Å²) in [6.07, 6.45) is 3.98. The molecule has 1 saturated heterocycles. The van der Waals surface area contributed by atoms with E-state index < -0.39 is 0 Å². The number of rotatable bonds is 7. The Labute approximate surface area is 215 Å². The molecule has 1 atom stereocenters. The van der Waals surface area contributed by atoms with Crippen molar-refractivity contribution in [1.82, 2.24) is 14.8 Å². The first-order valence-corrected chi connectivity index (χ1v) is 13.2. The van der Waals surface area contributed by atoms with Crippen LogP contribution in [0.1, 0.15) is 32.3 Å². The Kier molecular flexibility index (Phi) is 6.75. The quantitative estimate of drug-likeness (QED) is 0.299. The number of allylic oxidation sites excluding steroid dienone is 2. The molecule has 8 heteroatoms. The first kappa shape index (κ1) is 24.1. The minimum absolute atomic E-state index is 0.0532. The molecular formula is C27H29ClN4O2S. The normalized spacial score (nSPS) is 19.9. The van der Waals surface area contributed by atoms with Gasteiger partial charge in [-0.05, 0) is 48.7 Å². The number of carbonyl (C=O) groups is 1. The van der Waals surface area contributed by atoms with Gasteiger partial charge >= 0.3 is 0 Å². The van der Waals surface area contributed by atoms with Crippen molar-refractivity contribution in [2.24, 2.45) is 0 Å². The van der Waals surface area contributed by atoms with Gasteiger partial charge in [-0.15, -0.1) is 10.2 Å². The fourth-order valence-electron chi connectivity index (χ4n) is 4.95. The maximum atomic E-state index is 13.1. The van der Waals surface area contributed by atoms with Crippen LogP contribution >= 0.6 is 23.4 Å². The lowest BCUT2D eigenvalue weighted by Crippen LogP contribution is -2.24. The number of hydrogen-bond donors (Lipinski definition) is 0. The molecular weight excluding hydrogens is 480 g/mol. The third-order valence-corrected chi connectivity index (χ3v) is 8.05. The van der Waals surface area contributed by atoms with E-state index in [1.165, 1.54) is 17.3 Å². The lowest BCUT2D eigenvalue weighted by molar-refractivity contribution is -0.112. The predicted molar refractivity (Wildman–Crippen MR) is 141 cm³/mol. The van der Waals surface area contributed by atoms with Crippen LogP contribution in [-0.4, -0.2) is 46.1 Å². The Hall–Kier alpha value is -2.61. The monoisotopic (exact) mass is 508 g/mol. The molecule has 1 fully saturated rings. The Balaban J connectivity index is 1.36. The van der Waals surface area contributed by atoms with Gasteiger partial charge in [0, 0.05) is 47.1 Å². The zero-order valence-electron chi connectivity index (χ0n) is 20.2. The van der Waals surface area contributed by atoms with Crippen molar-refractivity contribution in [3.05, 3.63) is 70.9 Å². The van der Waals surface area contributed by atoms with Crippen molar-refractivity contribution < 1.29 is 9.53 Å². The van der Waals surface area contributed by atoms with Gasteiger partial charge in [-0.1, -0.05) is 55.4 Å². The summed E-state index contributed by atoms with van der Waals surface area (Å²) in [6.45, 7) is 5.77. The average molecular weight is 509 g/mol. The lowest BCUT2D eigenvalue weighted by atomic mass is 9.83. The van der Waals surface area contributed by atoms with Crippen LogP contribution in [-0.2, 0) is 21.5 Å². The van der Waals surface area contributed by atoms with Crippen LogP contribution in [0.15, 0.2) is 65.5 Å². The molecule has 3 heterocycles. The van der Waals surface area contributed by atoms with Gasteiger partial charge in [-0.25, -0.2) is 0 Å². The summed E-state index contributed by atoms with van der Waals surface area (Å²) >= 11 is 7.50. The summed E-state index contributed by atoms with van der Waals surface area (Å²) < 4.78 is 7.96. The number of nitrogens with zero attached hydrogens (tertiary/aromatic N) is 4. The van der Waals surface area contributed by atoms with E-state index in [2.05, 4.69) is 45.6 Å². The second-order valence-electron chi connectivity index (χ2n) is 9.54. The largest absolute Gasteiger partial charge is 0.376 e. The van der Waals surface area contributed by atoms with Crippen LogP contribution in [0.2, 0.25) is 5.02 Å². The summed E-state index contributed by atoms with van der Waals surface area (Å²) in [5, 5.41) is 10.3. The molecule has 2 aromatic carbocycles. The van der Waals surface area contributed by atoms with E-state index in [1.807, 2.05) is 43.4 Å². The van der Waals surface area contributed by atoms with Crippen LogP contribution in [0.3, 0.4) is 0 Å². The van der Waals surface area contributed by atoms with E-state index in [9.17, 15) is 4.79 Å². The first-order valence-electron chi connectivity index (χ1n) is 11.9. The number of likely N-dealkylation sites (N-methyl/N-ethyl adjacent to an activating group) is 1. The standard InChI is InChI=1S/C27H29ClN4O2S/c1-27(2)22-8-4-5-9-23(22)31(3)24(27)15-20(33)17-35-26-30-29-25(18-10-12-19(28)13-11-18)32(26)16-21-7-6-14-34-21/h4-5,8-13,15,21H,6-7,14,16-17H2,1-3H3/b24-15-/t21-/m0/s1. The Morgan fingerprint density at radius 2 is 1.97 bits per heavy atom. The molecule has 2 aliphatic rings. The number of ether oxygens (including phenoxy) is 1. The molecule has 35 heavy (non-hydrogen) atoms. The van der Waals surface area contributed by atoms with Crippen LogP contribution in [0.4, 0.5) is 5.69 Å². The summed E-state index contributed by atoms with van der Waals surface area (Å²) in [4.78, 5) is 15.2. The maximum Gasteiger partial charge on any atom is 0.192 e. The zero-order chi connectivity index (χ0) is 24.6. The van der Waals surface area contributed by atoms with Gasteiger partial charge < -0.3 is 9.64 Å². The van der Waals surface area contributed by atoms with Crippen molar-refractivity contribution in [2.45, 2.75) is 49.9 Å². The number of fused-ring (bicyclic) bond motifs is 1. The zero-order valence-corrected chi connectivity index (χ0v) is 21.8.